The highest BCUT2D eigenvalue weighted by Crippen LogP contribution is 2.43. The molecule has 1 atom stereocenters. The highest BCUT2D eigenvalue weighted by Gasteiger charge is 2.44. The molecule has 1 amide bonds. The number of ether oxygens (including phenoxy) is 2. The highest BCUT2D eigenvalue weighted by molar-refractivity contribution is 6.10. The number of carbonyl (C=O) groups excluding carboxylic acids is 1. The lowest BCUT2D eigenvalue weighted by Gasteiger charge is -2.26. The van der Waals surface area contributed by atoms with E-state index in [0.717, 1.165) is 24.5 Å². The van der Waals surface area contributed by atoms with E-state index in [-0.39, 0.29) is 22.3 Å². The van der Waals surface area contributed by atoms with E-state index in [2.05, 4.69) is 6.92 Å². The van der Waals surface area contributed by atoms with Crippen LogP contribution in [0.5, 0.6) is 11.5 Å². The molecule has 2 heterocycles. The molecule has 0 fully saturated rings. The fourth-order valence-corrected chi connectivity index (χ4v) is 4.71. The van der Waals surface area contributed by atoms with Gasteiger partial charge in [0, 0.05) is 5.69 Å². The lowest BCUT2D eigenvalue weighted by Crippen LogP contribution is -2.29. The van der Waals surface area contributed by atoms with Crippen LogP contribution >= 0.6 is 0 Å². The predicted octanol–water partition coefficient (Wildman–Crippen LogP) is 6.43. The average molecular weight is 502 g/mol. The molecule has 0 aliphatic carbocycles. The highest BCUT2D eigenvalue weighted by atomic mass is 19.1. The van der Waals surface area contributed by atoms with Crippen LogP contribution in [0.3, 0.4) is 0 Å². The van der Waals surface area contributed by atoms with Gasteiger partial charge in [0.25, 0.3) is 5.91 Å². The van der Waals surface area contributed by atoms with Crippen molar-refractivity contribution in [2.24, 2.45) is 0 Å². The zero-order valence-electron chi connectivity index (χ0n) is 21.0. The van der Waals surface area contributed by atoms with Crippen LogP contribution in [0.2, 0.25) is 0 Å². The normalized spacial score (nSPS) is 14.8. The standard InChI is InChI=1S/C30H28FNO5/c1-4-15-36-24-13-9-19(16-25(24)35-6-3)27-26-28(33)22-17-20(31)10-14-23(22)37-29(26)30(34)32(27)21-11-7-18(5-2)8-12-21/h7-14,16-17,27H,4-6,15H2,1-3H3. The summed E-state index contributed by atoms with van der Waals surface area (Å²) in [4.78, 5) is 29.1. The smallest absolute Gasteiger partial charge is 0.295 e. The maximum atomic E-state index is 14.1. The molecule has 0 radical (unpaired) electrons. The maximum absolute atomic E-state index is 14.1. The first-order chi connectivity index (χ1) is 18.0. The molecule has 0 spiro atoms. The molecule has 3 aromatic carbocycles. The number of amides is 1. The van der Waals surface area contributed by atoms with E-state index in [0.29, 0.717) is 36.0 Å². The van der Waals surface area contributed by atoms with E-state index in [9.17, 15) is 14.0 Å². The van der Waals surface area contributed by atoms with Crippen LogP contribution in [-0.4, -0.2) is 19.1 Å². The van der Waals surface area contributed by atoms with Gasteiger partial charge >= 0.3 is 0 Å². The van der Waals surface area contributed by atoms with Gasteiger partial charge in [-0.25, -0.2) is 4.39 Å². The van der Waals surface area contributed by atoms with Gasteiger partial charge in [0.1, 0.15) is 11.4 Å². The van der Waals surface area contributed by atoms with Gasteiger partial charge in [-0.2, -0.15) is 0 Å². The van der Waals surface area contributed by atoms with Crippen molar-refractivity contribution in [3.05, 3.63) is 99.2 Å². The number of rotatable bonds is 8. The lowest BCUT2D eigenvalue weighted by atomic mass is 9.97. The summed E-state index contributed by atoms with van der Waals surface area (Å²) in [6.45, 7) is 6.90. The first-order valence-corrected chi connectivity index (χ1v) is 12.5. The number of nitrogens with zero attached hydrogens (tertiary/aromatic N) is 1. The summed E-state index contributed by atoms with van der Waals surface area (Å²) in [6, 6.07) is 16.0. The van der Waals surface area contributed by atoms with E-state index >= 15 is 0 Å². The SMILES string of the molecule is CCCOc1ccc(C2c3c(oc4ccc(F)cc4c3=O)C(=O)N2c2ccc(CC)cc2)cc1OCC. The van der Waals surface area contributed by atoms with Crippen LogP contribution in [0, 0.1) is 5.82 Å². The van der Waals surface area contributed by atoms with Crippen molar-refractivity contribution in [1.29, 1.82) is 0 Å². The van der Waals surface area contributed by atoms with E-state index in [1.165, 1.54) is 12.1 Å². The summed E-state index contributed by atoms with van der Waals surface area (Å²) >= 11 is 0. The zero-order valence-corrected chi connectivity index (χ0v) is 21.0. The minimum absolute atomic E-state index is 0.0436. The van der Waals surface area contributed by atoms with Crippen molar-refractivity contribution in [3.8, 4) is 11.5 Å². The number of fused-ring (bicyclic) bond motifs is 2. The van der Waals surface area contributed by atoms with Crippen LogP contribution in [0.4, 0.5) is 10.1 Å². The average Bonchev–Trinajstić information content (AvgIpc) is 3.21. The molecule has 0 saturated heterocycles. The molecule has 37 heavy (non-hydrogen) atoms. The summed E-state index contributed by atoms with van der Waals surface area (Å²) in [7, 11) is 0. The molecule has 5 rings (SSSR count). The first kappa shape index (κ1) is 24.6. The maximum Gasteiger partial charge on any atom is 0.295 e. The largest absolute Gasteiger partial charge is 0.490 e. The number of hydrogen-bond acceptors (Lipinski definition) is 5. The van der Waals surface area contributed by atoms with Crippen LogP contribution in [0.1, 0.15) is 60.5 Å². The van der Waals surface area contributed by atoms with Gasteiger partial charge in [-0.3, -0.25) is 14.5 Å². The Morgan fingerprint density at radius 3 is 2.41 bits per heavy atom. The third-order valence-electron chi connectivity index (χ3n) is 6.50. The number of benzene rings is 3. The van der Waals surface area contributed by atoms with Crippen LogP contribution in [0.25, 0.3) is 11.0 Å². The van der Waals surface area contributed by atoms with Gasteiger partial charge in [0.2, 0.25) is 5.76 Å². The van der Waals surface area contributed by atoms with Crippen molar-refractivity contribution < 1.29 is 23.1 Å². The second-order valence-electron chi connectivity index (χ2n) is 8.90. The molecule has 0 saturated carbocycles. The van der Waals surface area contributed by atoms with Crippen LogP contribution < -0.4 is 19.8 Å². The quantitative estimate of drug-likeness (QED) is 0.278. The second kappa shape index (κ2) is 10.1. The molecule has 1 unspecified atom stereocenters. The van der Waals surface area contributed by atoms with Crippen molar-refractivity contribution in [2.75, 3.05) is 18.1 Å². The molecule has 1 aliphatic heterocycles. The Balaban J connectivity index is 1.74. The summed E-state index contributed by atoms with van der Waals surface area (Å²) in [5, 5.41) is 0.0904. The van der Waals surface area contributed by atoms with Gasteiger partial charge in [0.15, 0.2) is 16.9 Å². The second-order valence-corrected chi connectivity index (χ2v) is 8.90. The fraction of sp³-hybridized carbons (Fsp3) is 0.267. The van der Waals surface area contributed by atoms with Crippen LogP contribution in [-0.2, 0) is 6.42 Å². The molecule has 6 nitrogen and oxygen atoms in total. The zero-order chi connectivity index (χ0) is 26.1. The molecule has 1 aliphatic rings. The molecular weight excluding hydrogens is 473 g/mol. The van der Waals surface area contributed by atoms with Gasteiger partial charge in [-0.05, 0) is 73.4 Å². The molecule has 0 bridgehead atoms. The van der Waals surface area contributed by atoms with Crippen molar-refractivity contribution in [3.63, 3.8) is 0 Å². The molecular formula is C30H28FNO5. The molecule has 1 aromatic heterocycles. The molecule has 0 N–H and O–H groups in total. The number of halogens is 1. The minimum atomic E-state index is -0.793. The van der Waals surface area contributed by atoms with Gasteiger partial charge in [0.05, 0.1) is 30.2 Å². The topological polar surface area (TPSA) is 69.0 Å². The number of hydrogen-bond donors (Lipinski definition) is 0. The third kappa shape index (κ3) is 4.35. The third-order valence-corrected chi connectivity index (χ3v) is 6.50. The first-order valence-electron chi connectivity index (χ1n) is 12.5. The molecule has 190 valence electrons. The van der Waals surface area contributed by atoms with Crippen molar-refractivity contribution in [1.82, 2.24) is 0 Å². The summed E-state index contributed by atoms with van der Waals surface area (Å²) in [6.07, 6.45) is 1.69. The Morgan fingerprint density at radius 2 is 1.70 bits per heavy atom. The Labute approximate surface area is 214 Å². The minimum Gasteiger partial charge on any atom is -0.490 e. The number of carbonyl (C=O) groups is 1. The van der Waals surface area contributed by atoms with E-state index in [1.807, 2.05) is 44.2 Å². The number of anilines is 1. The lowest BCUT2D eigenvalue weighted by molar-refractivity contribution is 0.0971. The summed E-state index contributed by atoms with van der Waals surface area (Å²) < 4.78 is 31.7. The summed E-state index contributed by atoms with van der Waals surface area (Å²) in [5.74, 6) is 0.0776. The Kier molecular flexibility index (Phi) is 6.70. The van der Waals surface area contributed by atoms with Crippen LogP contribution in [0.15, 0.2) is 69.9 Å². The van der Waals surface area contributed by atoms with Gasteiger partial charge in [-0.1, -0.05) is 32.0 Å². The van der Waals surface area contributed by atoms with Gasteiger partial charge in [-0.15, -0.1) is 0 Å². The Bertz CT molecular complexity index is 1530. The predicted molar refractivity (Wildman–Crippen MR) is 140 cm³/mol. The molecule has 7 heteroatoms. The fourth-order valence-electron chi connectivity index (χ4n) is 4.71. The number of aryl methyl sites for hydroxylation is 1. The van der Waals surface area contributed by atoms with E-state index in [1.54, 1.807) is 17.0 Å². The van der Waals surface area contributed by atoms with Crippen molar-refractivity contribution in [2.45, 2.75) is 39.7 Å². The Morgan fingerprint density at radius 1 is 0.919 bits per heavy atom. The van der Waals surface area contributed by atoms with Crippen molar-refractivity contribution >= 4 is 22.6 Å². The molecule has 4 aromatic rings. The summed E-state index contributed by atoms with van der Waals surface area (Å²) in [5.41, 5.74) is 2.30. The van der Waals surface area contributed by atoms with E-state index in [4.69, 9.17) is 13.9 Å². The van der Waals surface area contributed by atoms with E-state index < -0.39 is 23.2 Å². The monoisotopic (exact) mass is 501 g/mol. The Hall–Kier alpha value is -4.13. The van der Waals surface area contributed by atoms with Gasteiger partial charge < -0.3 is 13.9 Å².